The monoisotopic (exact) mass is 342 g/mol. The second-order valence-corrected chi connectivity index (χ2v) is 6.86. The minimum atomic E-state index is -0.876. The SMILES string of the molecule is CC(C)(C)OCOOC(=O)OCC1c2ccccc2-c2ccccc21. The molecule has 5 heteroatoms. The van der Waals surface area contributed by atoms with Gasteiger partial charge >= 0.3 is 6.16 Å². The summed E-state index contributed by atoms with van der Waals surface area (Å²) in [6, 6.07) is 16.3. The fourth-order valence-corrected chi connectivity index (χ4v) is 2.89. The summed E-state index contributed by atoms with van der Waals surface area (Å²) in [5.41, 5.74) is 4.27. The van der Waals surface area contributed by atoms with Crippen LogP contribution in [0.2, 0.25) is 0 Å². The number of hydrogen-bond donors (Lipinski definition) is 0. The van der Waals surface area contributed by atoms with Crippen molar-refractivity contribution in [2.24, 2.45) is 0 Å². The van der Waals surface area contributed by atoms with Crippen LogP contribution in [0.5, 0.6) is 0 Å². The first kappa shape index (κ1) is 17.5. The molecule has 0 fully saturated rings. The molecule has 2 aromatic rings. The van der Waals surface area contributed by atoms with Crippen molar-refractivity contribution in [3.63, 3.8) is 0 Å². The van der Waals surface area contributed by atoms with E-state index in [0.29, 0.717) is 0 Å². The van der Waals surface area contributed by atoms with E-state index in [4.69, 9.17) is 14.4 Å². The lowest BCUT2D eigenvalue weighted by Gasteiger charge is -2.18. The van der Waals surface area contributed by atoms with E-state index < -0.39 is 6.16 Å². The standard InChI is InChI=1S/C20H22O5/c1-20(2,3)23-13-24-25-19(21)22-12-18-16-10-6-4-8-14(16)15-9-5-7-11-17(15)18/h4-11,18H,12-13H2,1-3H3. The summed E-state index contributed by atoms with van der Waals surface area (Å²) in [5, 5.41) is 0. The summed E-state index contributed by atoms with van der Waals surface area (Å²) in [5.74, 6) is -0.00854. The zero-order valence-corrected chi connectivity index (χ0v) is 14.7. The van der Waals surface area contributed by atoms with Crippen molar-refractivity contribution >= 4 is 6.16 Å². The molecular weight excluding hydrogens is 320 g/mol. The van der Waals surface area contributed by atoms with Gasteiger partial charge in [0.2, 0.25) is 0 Å². The van der Waals surface area contributed by atoms with Crippen LogP contribution in [0.4, 0.5) is 4.79 Å². The molecule has 0 saturated carbocycles. The number of carbonyl (C=O) groups is 1. The molecule has 0 unspecified atom stereocenters. The molecule has 25 heavy (non-hydrogen) atoms. The molecule has 2 aromatic carbocycles. The molecule has 0 heterocycles. The number of ether oxygens (including phenoxy) is 2. The van der Waals surface area contributed by atoms with Crippen LogP contribution in [-0.2, 0) is 19.2 Å². The molecule has 0 aliphatic heterocycles. The minimum absolute atomic E-state index is 0.00854. The molecule has 0 radical (unpaired) electrons. The molecular formula is C20H22O5. The van der Waals surface area contributed by atoms with Crippen molar-refractivity contribution in [1.29, 1.82) is 0 Å². The van der Waals surface area contributed by atoms with Gasteiger partial charge in [-0.1, -0.05) is 48.5 Å². The van der Waals surface area contributed by atoms with Gasteiger partial charge in [0.25, 0.3) is 0 Å². The van der Waals surface area contributed by atoms with Crippen LogP contribution >= 0.6 is 0 Å². The third-order valence-corrected chi connectivity index (χ3v) is 4.00. The van der Waals surface area contributed by atoms with E-state index in [-0.39, 0.29) is 24.9 Å². The Bertz CT molecular complexity index is 702. The van der Waals surface area contributed by atoms with Gasteiger partial charge in [0.05, 0.1) is 5.60 Å². The highest BCUT2D eigenvalue weighted by Gasteiger charge is 2.29. The fourth-order valence-electron chi connectivity index (χ4n) is 2.89. The third kappa shape index (κ3) is 4.18. The Kier molecular flexibility index (Phi) is 5.06. The highest BCUT2D eigenvalue weighted by Crippen LogP contribution is 2.44. The number of carbonyl (C=O) groups excluding carboxylic acids is 1. The van der Waals surface area contributed by atoms with E-state index >= 15 is 0 Å². The van der Waals surface area contributed by atoms with Crippen molar-refractivity contribution in [1.82, 2.24) is 0 Å². The average Bonchev–Trinajstić information content (AvgIpc) is 2.90. The lowest BCUT2D eigenvalue weighted by Crippen LogP contribution is -2.22. The van der Waals surface area contributed by atoms with Crippen LogP contribution in [0.1, 0.15) is 37.8 Å². The van der Waals surface area contributed by atoms with Gasteiger partial charge in [-0.05, 0) is 43.0 Å². The van der Waals surface area contributed by atoms with Crippen molar-refractivity contribution < 1.29 is 24.0 Å². The Balaban J connectivity index is 1.57. The van der Waals surface area contributed by atoms with E-state index in [1.54, 1.807) is 0 Å². The van der Waals surface area contributed by atoms with E-state index in [9.17, 15) is 4.79 Å². The molecule has 0 N–H and O–H groups in total. The van der Waals surface area contributed by atoms with Crippen molar-refractivity contribution in [3.8, 4) is 11.1 Å². The smallest absolute Gasteiger partial charge is 0.431 e. The molecule has 0 aromatic heterocycles. The quantitative estimate of drug-likeness (QED) is 0.260. The number of benzene rings is 2. The van der Waals surface area contributed by atoms with Crippen LogP contribution in [0.15, 0.2) is 48.5 Å². The Labute approximate surface area is 147 Å². The van der Waals surface area contributed by atoms with Crippen molar-refractivity contribution in [3.05, 3.63) is 59.7 Å². The minimum Gasteiger partial charge on any atom is -0.431 e. The first-order valence-electron chi connectivity index (χ1n) is 8.24. The van der Waals surface area contributed by atoms with E-state index in [1.165, 1.54) is 11.1 Å². The fraction of sp³-hybridized carbons (Fsp3) is 0.350. The summed E-state index contributed by atoms with van der Waals surface area (Å²) in [6.45, 7) is 5.68. The summed E-state index contributed by atoms with van der Waals surface area (Å²) in [4.78, 5) is 21.0. The first-order valence-corrected chi connectivity index (χ1v) is 8.24. The third-order valence-electron chi connectivity index (χ3n) is 4.00. The second-order valence-electron chi connectivity index (χ2n) is 6.86. The Morgan fingerprint density at radius 3 is 2.08 bits per heavy atom. The highest BCUT2D eigenvalue weighted by molar-refractivity contribution is 5.78. The van der Waals surface area contributed by atoms with Gasteiger partial charge in [-0.3, -0.25) is 4.89 Å². The lowest BCUT2D eigenvalue weighted by molar-refractivity contribution is -0.315. The van der Waals surface area contributed by atoms with Gasteiger partial charge < -0.3 is 9.47 Å². The van der Waals surface area contributed by atoms with Crippen molar-refractivity contribution in [2.75, 3.05) is 13.4 Å². The summed E-state index contributed by atoms with van der Waals surface area (Å²) in [7, 11) is 0. The topological polar surface area (TPSA) is 54.0 Å². The normalized spacial score (nSPS) is 13.2. The summed E-state index contributed by atoms with van der Waals surface area (Å²) >= 11 is 0. The summed E-state index contributed by atoms with van der Waals surface area (Å²) < 4.78 is 10.5. The van der Waals surface area contributed by atoms with Gasteiger partial charge in [-0.2, -0.15) is 4.89 Å². The zero-order valence-electron chi connectivity index (χ0n) is 14.7. The zero-order chi connectivity index (χ0) is 17.9. The maximum atomic E-state index is 11.7. The van der Waals surface area contributed by atoms with E-state index in [0.717, 1.165) is 11.1 Å². The van der Waals surface area contributed by atoms with E-state index in [2.05, 4.69) is 29.2 Å². The van der Waals surface area contributed by atoms with Crippen LogP contribution in [-0.4, -0.2) is 25.2 Å². The van der Waals surface area contributed by atoms with Crippen LogP contribution in [0, 0.1) is 0 Å². The Morgan fingerprint density at radius 2 is 1.52 bits per heavy atom. The Morgan fingerprint density at radius 1 is 0.960 bits per heavy atom. The Hall–Kier alpha value is -2.37. The van der Waals surface area contributed by atoms with Gasteiger partial charge in [0.15, 0.2) is 6.79 Å². The molecule has 3 rings (SSSR count). The summed E-state index contributed by atoms with van der Waals surface area (Å²) in [6.07, 6.45) is -0.876. The molecule has 5 nitrogen and oxygen atoms in total. The number of rotatable bonds is 5. The molecule has 132 valence electrons. The lowest BCUT2D eigenvalue weighted by atomic mass is 9.98. The van der Waals surface area contributed by atoms with Crippen LogP contribution in [0.3, 0.4) is 0 Å². The van der Waals surface area contributed by atoms with Gasteiger partial charge in [0, 0.05) is 5.92 Å². The number of hydrogen-bond acceptors (Lipinski definition) is 5. The first-order chi connectivity index (χ1) is 12.0. The van der Waals surface area contributed by atoms with Crippen molar-refractivity contribution in [2.45, 2.75) is 32.3 Å². The molecule has 1 aliphatic carbocycles. The van der Waals surface area contributed by atoms with Gasteiger partial charge in [-0.25, -0.2) is 4.79 Å². The highest BCUT2D eigenvalue weighted by atomic mass is 17.2. The molecule has 0 saturated heterocycles. The molecule has 1 aliphatic rings. The average molecular weight is 342 g/mol. The molecule has 0 atom stereocenters. The molecule has 0 spiro atoms. The van der Waals surface area contributed by atoms with Gasteiger partial charge in [-0.15, -0.1) is 0 Å². The number of fused-ring (bicyclic) bond motifs is 3. The molecule has 0 bridgehead atoms. The predicted octanol–water partition coefficient (Wildman–Crippen LogP) is 4.66. The maximum absolute atomic E-state index is 11.7. The van der Waals surface area contributed by atoms with Gasteiger partial charge in [0.1, 0.15) is 6.61 Å². The maximum Gasteiger partial charge on any atom is 0.540 e. The largest absolute Gasteiger partial charge is 0.540 e. The predicted molar refractivity (Wildman–Crippen MR) is 92.9 cm³/mol. The van der Waals surface area contributed by atoms with Crippen LogP contribution < -0.4 is 0 Å². The second kappa shape index (κ2) is 7.25. The van der Waals surface area contributed by atoms with Crippen LogP contribution in [0.25, 0.3) is 11.1 Å². The molecule has 0 amide bonds. The van der Waals surface area contributed by atoms with E-state index in [1.807, 2.05) is 45.0 Å².